The van der Waals surface area contributed by atoms with Gasteiger partial charge >= 0.3 is 11.4 Å². The molecule has 1 N–H and O–H groups in total. The number of hydrogen-bond acceptors (Lipinski definition) is 9. The average molecular weight is 911 g/mol. The first-order valence-corrected chi connectivity index (χ1v) is 22.8. The van der Waals surface area contributed by atoms with Crippen molar-refractivity contribution in [2.75, 3.05) is 6.61 Å². The molecule has 0 spiro atoms. The van der Waals surface area contributed by atoms with Crippen LogP contribution >= 0.6 is 0 Å². The number of carbonyl (C=O) groups excluding carboxylic acids is 1. The summed E-state index contributed by atoms with van der Waals surface area (Å²) in [6.07, 6.45) is 7.99. The van der Waals surface area contributed by atoms with E-state index >= 15 is 13.6 Å². The van der Waals surface area contributed by atoms with Crippen molar-refractivity contribution in [3.8, 4) is 22.9 Å². The lowest BCUT2D eigenvalue weighted by Crippen LogP contribution is -2.43. The van der Waals surface area contributed by atoms with Crippen molar-refractivity contribution < 1.29 is 27.6 Å². The molecule has 0 unspecified atom stereocenters. The molecule has 2 saturated heterocycles. The summed E-state index contributed by atoms with van der Waals surface area (Å²) >= 11 is 0. The second-order valence-electron chi connectivity index (χ2n) is 19.4. The quantitative estimate of drug-likeness (QED) is 0.165. The molecule has 2 bridgehead atoms. The Morgan fingerprint density at radius 1 is 0.940 bits per heavy atom. The van der Waals surface area contributed by atoms with Gasteiger partial charge in [0.05, 0.1) is 57.9 Å². The minimum Gasteiger partial charge on any atom is -0.490 e. The highest BCUT2D eigenvalue weighted by molar-refractivity contribution is 6.01. The molecule has 3 aromatic carbocycles. The van der Waals surface area contributed by atoms with Gasteiger partial charge < -0.3 is 18.9 Å². The fourth-order valence-corrected chi connectivity index (χ4v) is 11.5. The summed E-state index contributed by atoms with van der Waals surface area (Å²) in [4.78, 5) is 47.9. The number of nitrogens with zero attached hydrogens (tertiary/aromatic N) is 9. The summed E-state index contributed by atoms with van der Waals surface area (Å²) in [5.41, 5.74) is 2.63. The fourth-order valence-electron chi connectivity index (χ4n) is 11.5. The van der Waals surface area contributed by atoms with Gasteiger partial charge in [-0.25, -0.2) is 23.1 Å². The van der Waals surface area contributed by atoms with E-state index in [4.69, 9.17) is 19.1 Å². The number of nitrogens with one attached hydrogen (secondary N) is 1. The highest BCUT2D eigenvalue weighted by Crippen LogP contribution is 2.57. The lowest BCUT2D eigenvalue weighted by molar-refractivity contribution is -0.0894. The molecule has 1 aliphatic carbocycles. The molecule has 3 aliphatic heterocycles. The van der Waals surface area contributed by atoms with Gasteiger partial charge in [-0.2, -0.15) is 10.2 Å². The zero-order valence-corrected chi connectivity index (χ0v) is 37.8. The summed E-state index contributed by atoms with van der Waals surface area (Å²) < 4.78 is 57.2. The Morgan fingerprint density at radius 3 is 2.45 bits per heavy atom. The van der Waals surface area contributed by atoms with E-state index in [0.29, 0.717) is 102 Å². The second kappa shape index (κ2) is 14.5. The number of ether oxygens (including phenoxy) is 2. The first-order chi connectivity index (χ1) is 32.1. The van der Waals surface area contributed by atoms with Crippen molar-refractivity contribution in [3.63, 3.8) is 0 Å². The number of aromatic nitrogens is 9. The lowest BCUT2D eigenvalue weighted by Gasteiger charge is -2.35. The van der Waals surface area contributed by atoms with E-state index in [0.717, 1.165) is 10.9 Å². The number of benzene rings is 3. The molecule has 8 heterocycles. The van der Waals surface area contributed by atoms with Gasteiger partial charge in [0.15, 0.2) is 11.6 Å². The van der Waals surface area contributed by atoms with Crippen LogP contribution in [0.3, 0.4) is 0 Å². The third kappa shape index (κ3) is 6.10. The number of aryl methyl sites for hydroxylation is 3. The minimum atomic E-state index is -0.906. The van der Waals surface area contributed by atoms with E-state index in [1.165, 1.54) is 21.5 Å². The zero-order chi connectivity index (χ0) is 46.4. The van der Waals surface area contributed by atoms with Gasteiger partial charge in [0, 0.05) is 55.7 Å². The normalized spacial score (nSPS) is 23.1. The maximum Gasteiger partial charge on any atom is 0.438 e. The van der Waals surface area contributed by atoms with E-state index < -0.39 is 28.8 Å². The van der Waals surface area contributed by atoms with Crippen LogP contribution in [0.1, 0.15) is 97.6 Å². The van der Waals surface area contributed by atoms with Gasteiger partial charge in [0.2, 0.25) is 0 Å². The lowest BCUT2D eigenvalue weighted by atomic mass is 9.96. The minimum absolute atomic E-state index is 0.0342. The summed E-state index contributed by atoms with van der Waals surface area (Å²) in [5.74, 6) is -0.585. The SMILES string of the molecule is Cc1cc(-n2nc3c(c2-n2ccn(-c4ccc5c(cnn5C)c4F)c2=O)[C@@H]2CC[C@H](C3)N2C(=O)c2cc3c(O[C@H]4CCOC(C)(C)C4)cccc3n2[C@@]2(c3noc(=O)[nH]3)C[C@@H]2C)cc(C)c1F. The van der Waals surface area contributed by atoms with Gasteiger partial charge in [-0.1, -0.05) is 18.1 Å². The van der Waals surface area contributed by atoms with Crippen molar-refractivity contribution >= 4 is 27.7 Å². The van der Waals surface area contributed by atoms with Crippen LogP contribution < -0.4 is 16.2 Å². The van der Waals surface area contributed by atoms with E-state index in [2.05, 4.69) is 36.0 Å². The number of amides is 1. The predicted molar refractivity (Wildman–Crippen MR) is 241 cm³/mol. The van der Waals surface area contributed by atoms with Crippen LogP contribution in [0.4, 0.5) is 8.78 Å². The van der Waals surface area contributed by atoms with Gasteiger partial charge in [0.25, 0.3) is 5.91 Å². The molecule has 16 nitrogen and oxygen atoms in total. The van der Waals surface area contributed by atoms with Crippen LogP contribution in [-0.2, 0) is 23.7 Å². The Bertz CT molecular complexity index is 3470. The van der Waals surface area contributed by atoms with Gasteiger partial charge in [-0.05, 0) is 106 Å². The fraction of sp³-hybridized carbons (Fsp3) is 0.388. The highest BCUT2D eigenvalue weighted by Gasteiger charge is 2.60. The van der Waals surface area contributed by atoms with E-state index in [1.807, 2.05) is 33.7 Å². The highest BCUT2D eigenvalue weighted by atomic mass is 19.1. The van der Waals surface area contributed by atoms with Crippen LogP contribution in [0.5, 0.6) is 5.75 Å². The number of fused-ring (bicyclic) bond motifs is 6. The Morgan fingerprint density at radius 2 is 1.72 bits per heavy atom. The Labute approximate surface area is 381 Å². The number of hydrogen-bond donors (Lipinski definition) is 1. The van der Waals surface area contributed by atoms with Crippen molar-refractivity contribution in [1.82, 2.24) is 48.3 Å². The maximum atomic E-state index is 16.2. The van der Waals surface area contributed by atoms with E-state index in [-0.39, 0.29) is 46.5 Å². The van der Waals surface area contributed by atoms with Gasteiger partial charge in [-0.3, -0.25) is 28.1 Å². The topological polar surface area (TPSA) is 165 Å². The second-order valence-corrected chi connectivity index (χ2v) is 19.4. The van der Waals surface area contributed by atoms with Crippen LogP contribution in [0.25, 0.3) is 39.0 Å². The van der Waals surface area contributed by atoms with Crippen LogP contribution in [0.15, 0.2) is 81.2 Å². The number of carbonyl (C=O) groups is 1. The summed E-state index contributed by atoms with van der Waals surface area (Å²) in [5, 5.41) is 14.6. The molecule has 12 rings (SSSR count). The molecule has 0 radical (unpaired) electrons. The smallest absolute Gasteiger partial charge is 0.438 e. The number of aromatic amines is 1. The van der Waals surface area contributed by atoms with Crippen LogP contribution in [-0.4, -0.2) is 78.6 Å². The molecule has 5 aromatic heterocycles. The summed E-state index contributed by atoms with van der Waals surface area (Å²) in [6.45, 7) is 10.1. The molecule has 5 atom stereocenters. The monoisotopic (exact) mass is 910 g/mol. The zero-order valence-electron chi connectivity index (χ0n) is 37.8. The van der Waals surface area contributed by atoms with Crippen molar-refractivity contribution in [2.45, 2.75) is 102 Å². The van der Waals surface area contributed by atoms with Crippen LogP contribution in [0, 0.1) is 31.4 Å². The molecule has 1 amide bonds. The third-order valence-electron chi connectivity index (χ3n) is 14.7. The molecule has 8 aromatic rings. The predicted octanol–water partition coefficient (Wildman–Crippen LogP) is 7.25. The molecule has 344 valence electrons. The molecule has 67 heavy (non-hydrogen) atoms. The Balaban J connectivity index is 1.02. The summed E-state index contributed by atoms with van der Waals surface area (Å²) in [7, 11) is 1.72. The van der Waals surface area contributed by atoms with Crippen LogP contribution in [0.2, 0.25) is 0 Å². The molecule has 1 saturated carbocycles. The standard InChI is InChI=1S/C49H48F2N10O6/c1-25-18-29(19-26(2)41(25)50)61-43(58-16-15-57(47(58)64)37-13-12-34-32(42(37)51)24-52-56(34)6)40-33(54-61)20-28-10-11-36(40)59(28)44(62)38-21-31-35(60(38)49(22-27(49)3)45-53-46(63)67-55-45)8-7-9-39(31)66-30-14-17-65-48(4,5)23-30/h7-9,12-13,15-16,18-19,21,24,27-28,30,36H,10-11,14,17,20,22-23H2,1-6H3,(H,53,55,63)/t27-,28+,30-,36-,49-/m0/s1. The first-order valence-electron chi connectivity index (χ1n) is 22.8. The van der Waals surface area contributed by atoms with Crippen molar-refractivity contribution in [2.24, 2.45) is 13.0 Å². The largest absolute Gasteiger partial charge is 0.490 e. The molecular formula is C49H48F2N10O6. The maximum absolute atomic E-state index is 16.2. The first kappa shape index (κ1) is 41.4. The Kier molecular flexibility index (Phi) is 8.93. The molecular weight excluding hydrogens is 863 g/mol. The summed E-state index contributed by atoms with van der Waals surface area (Å²) in [6, 6.07) is 13.5. The third-order valence-corrected chi connectivity index (χ3v) is 14.7. The van der Waals surface area contributed by atoms with Crippen molar-refractivity contribution in [1.29, 1.82) is 0 Å². The average Bonchev–Trinajstić information content (AvgIpc) is 4.00. The number of H-pyrrole nitrogens is 1. The number of rotatable bonds is 8. The van der Waals surface area contributed by atoms with Gasteiger partial charge in [-0.15, -0.1) is 0 Å². The molecule has 3 fully saturated rings. The Hall–Kier alpha value is -7.08. The van der Waals surface area contributed by atoms with E-state index in [1.54, 1.807) is 60.7 Å². The van der Waals surface area contributed by atoms with Gasteiger partial charge in [0.1, 0.15) is 34.7 Å². The number of imidazole rings is 1. The number of halogens is 2. The molecule has 18 heteroatoms. The molecule has 4 aliphatic rings. The van der Waals surface area contributed by atoms with E-state index in [9.17, 15) is 9.59 Å². The van der Waals surface area contributed by atoms with Crippen molar-refractivity contribution in [3.05, 3.63) is 134 Å².